The topological polar surface area (TPSA) is 105 Å². The third-order valence-electron chi connectivity index (χ3n) is 7.33. The van der Waals surface area contributed by atoms with E-state index in [2.05, 4.69) is 10.3 Å². The predicted molar refractivity (Wildman–Crippen MR) is 152 cm³/mol. The molecule has 1 aromatic carbocycles. The van der Waals surface area contributed by atoms with Crippen molar-refractivity contribution in [2.45, 2.75) is 58.3 Å². The molecule has 0 bridgehead atoms. The van der Waals surface area contributed by atoms with Gasteiger partial charge in [0.25, 0.3) is 5.56 Å². The third kappa shape index (κ3) is 7.64. The van der Waals surface area contributed by atoms with Crippen LogP contribution in [0.25, 0.3) is 11.1 Å². The molecule has 10 heteroatoms. The molecule has 218 valence electrons. The molecule has 0 aliphatic carbocycles. The molecule has 4 rings (SSSR count). The van der Waals surface area contributed by atoms with E-state index in [1.165, 1.54) is 29.1 Å². The SMILES string of the molecule is Cc1cccc(F)c1-c1cncc([C@H](CC(=O)O)NC(=O)[C@H](CC(C)C)n2cc(CCN3CC(F)C3)ccc2=O)c1. The normalized spacial score (nSPS) is 15.4. The van der Waals surface area contributed by atoms with Gasteiger partial charge in [-0.15, -0.1) is 0 Å². The summed E-state index contributed by atoms with van der Waals surface area (Å²) in [6.07, 6.45) is 4.33. The molecule has 1 fully saturated rings. The minimum absolute atomic E-state index is 0.0517. The first kappa shape index (κ1) is 30.0. The van der Waals surface area contributed by atoms with Crippen LogP contribution in [0.2, 0.25) is 0 Å². The lowest BCUT2D eigenvalue weighted by Gasteiger charge is -2.34. The summed E-state index contributed by atoms with van der Waals surface area (Å²) in [5.74, 6) is -2.02. The van der Waals surface area contributed by atoms with Gasteiger partial charge in [-0.3, -0.25) is 24.3 Å². The van der Waals surface area contributed by atoms with Crippen molar-refractivity contribution in [1.82, 2.24) is 19.8 Å². The number of alkyl halides is 1. The Hall–Kier alpha value is -3.92. The maximum atomic E-state index is 14.7. The summed E-state index contributed by atoms with van der Waals surface area (Å²) in [7, 11) is 0. The van der Waals surface area contributed by atoms with Crippen LogP contribution in [0.15, 0.2) is 59.8 Å². The van der Waals surface area contributed by atoms with E-state index in [4.69, 9.17) is 0 Å². The Bertz CT molecular complexity index is 1430. The fourth-order valence-electron chi connectivity index (χ4n) is 5.19. The summed E-state index contributed by atoms with van der Waals surface area (Å²) in [4.78, 5) is 44.7. The number of nitrogens with one attached hydrogen (secondary N) is 1. The zero-order valence-electron chi connectivity index (χ0n) is 23.5. The molecule has 0 spiro atoms. The van der Waals surface area contributed by atoms with Crippen LogP contribution in [0, 0.1) is 18.7 Å². The molecule has 0 unspecified atom stereocenters. The van der Waals surface area contributed by atoms with Crippen molar-refractivity contribution in [3.05, 3.63) is 87.9 Å². The van der Waals surface area contributed by atoms with E-state index < -0.39 is 42.4 Å². The summed E-state index contributed by atoms with van der Waals surface area (Å²) < 4.78 is 29.3. The number of carbonyl (C=O) groups excluding carboxylic acids is 1. The maximum absolute atomic E-state index is 14.7. The number of rotatable bonds is 12. The summed E-state index contributed by atoms with van der Waals surface area (Å²) >= 11 is 0. The summed E-state index contributed by atoms with van der Waals surface area (Å²) in [5, 5.41) is 12.5. The Labute approximate surface area is 238 Å². The quantitative estimate of drug-likeness (QED) is 0.335. The number of likely N-dealkylation sites (tertiary alicyclic amines) is 1. The first-order valence-corrected chi connectivity index (χ1v) is 13.8. The van der Waals surface area contributed by atoms with Gasteiger partial charge in [-0.25, -0.2) is 8.78 Å². The number of hydrogen-bond donors (Lipinski definition) is 2. The van der Waals surface area contributed by atoms with Crippen LogP contribution in [-0.2, 0) is 16.0 Å². The Morgan fingerprint density at radius 1 is 1.17 bits per heavy atom. The molecule has 3 aromatic rings. The Balaban J connectivity index is 1.61. The molecular weight excluding hydrogens is 530 g/mol. The van der Waals surface area contributed by atoms with Crippen molar-refractivity contribution in [3.8, 4) is 11.1 Å². The lowest BCUT2D eigenvalue weighted by atomic mass is 9.96. The molecule has 0 saturated carbocycles. The van der Waals surface area contributed by atoms with Gasteiger partial charge in [0.1, 0.15) is 18.0 Å². The molecule has 1 aliphatic heterocycles. The van der Waals surface area contributed by atoms with E-state index in [0.29, 0.717) is 54.7 Å². The van der Waals surface area contributed by atoms with Crippen LogP contribution < -0.4 is 10.9 Å². The van der Waals surface area contributed by atoms with Gasteiger partial charge in [0.15, 0.2) is 0 Å². The number of carboxylic acid groups (broad SMARTS) is 1. The van der Waals surface area contributed by atoms with Crippen molar-refractivity contribution < 1.29 is 23.5 Å². The van der Waals surface area contributed by atoms with E-state index in [0.717, 1.165) is 5.56 Å². The van der Waals surface area contributed by atoms with Crippen molar-refractivity contribution in [1.29, 1.82) is 0 Å². The van der Waals surface area contributed by atoms with Gasteiger partial charge in [-0.1, -0.05) is 32.0 Å². The van der Waals surface area contributed by atoms with Crippen molar-refractivity contribution in [2.75, 3.05) is 19.6 Å². The number of amides is 1. The van der Waals surface area contributed by atoms with Gasteiger partial charge in [0.05, 0.1) is 12.5 Å². The van der Waals surface area contributed by atoms with E-state index in [1.54, 1.807) is 37.4 Å². The fourth-order valence-corrected chi connectivity index (χ4v) is 5.19. The smallest absolute Gasteiger partial charge is 0.305 e. The number of halogens is 2. The fraction of sp³-hybridized carbons (Fsp3) is 0.419. The number of aliphatic carboxylic acids is 1. The zero-order chi connectivity index (χ0) is 29.7. The molecule has 2 atom stereocenters. The van der Waals surface area contributed by atoms with Crippen molar-refractivity contribution in [3.63, 3.8) is 0 Å². The van der Waals surface area contributed by atoms with E-state index >= 15 is 0 Å². The van der Waals surface area contributed by atoms with Crippen LogP contribution in [0.4, 0.5) is 8.78 Å². The lowest BCUT2D eigenvalue weighted by Crippen LogP contribution is -2.49. The lowest BCUT2D eigenvalue weighted by molar-refractivity contribution is -0.138. The number of hydrogen-bond acceptors (Lipinski definition) is 5. The predicted octanol–water partition coefficient (Wildman–Crippen LogP) is 4.47. The van der Waals surface area contributed by atoms with Crippen LogP contribution in [-0.4, -0.2) is 57.2 Å². The molecule has 1 aliphatic rings. The monoisotopic (exact) mass is 566 g/mol. The third-order valence-corrected chi connectivity index (χ3v) is 7.33. The number of nitrogens with zero attached hydrogens (tertiary/aromatic N) is 3. The Morgan fingerprint density at radius 3 is 2.59 bits per heavy atom. The summed E-state index contributed by atoms with van der Waals surface area (Å²) in [6, 6.07) is 7.63. The minimum atomic E-state index is -1.14. The first-order chi connectivity index (χ1) is 19.5. The van der Waals surface area contributed by atoms with Crippen molar-refractivity contribution >= 4 is 11.9 Å². The number of aryl methyl sites for hydroxylation is 1. The molecular formula is C31H36F2N4O4. The van der Waals surface area contributed by atoms with Crippen LogP contribution in [0.3, 0.4) is 0 Å². The van der Waals surface area contributed by atoms with Crippen LogP contribution in [0.5, 0.6) is 0 Å². The van der Waals surface area contributed by atoms with Gasteiger partial charge in [0.2, 0.25) is 5.91 Å². The standard InChI is InChI=1S/C31H36F2N4O4/c1-19(2)11-27(37-16-21(7-8-28(37)38)9-10-36-17-24(32)18-36)31(41)35-26(13-29(39)40)22-12-23(15-34-14-22)30-20(3)5-4-6-25(30)33/h4-8,12,14-16,19,24,26-27H,9-11,13,17-18H2,1-3H3,(H,35,41)(H,39,40)/t26-,27-/m0/s1. The maximum Gasteiger partial charge on any atom is 0.305 e. The molecule has 2 N–H and O–H groups in total. The Kier molecular flexibility index (Phi) is 9.65. The number of benzene rings is 1. The van der Waals surface area contributed by atoms with E-state index in [-0.39, 0.29) is 11.5 Å². The molecule has 2 aromatic heterocycles. The zero-order valence-corrected chi connectivity index (χ0v) is 23.5. The highest BCUT2D eigenvalue weighted by molar-refractivity contribution is 5.82. The minimum Gasteiger partial charge on any atom is -0.481 e. The van der Waals surface area contributed by atoms with Gasteiger partial charge in [-0.05, 0) is 54.5 Å². The average Bonchev–Trinajstić information content (AvgIpc) is 2.89. The second kappa shape index (κ2) is 13.2. The molecule has 1 amide bonds. The number of carbonyl (C=O) groups is 2. The van der Waals surface area contributed by atoms with E-state index in [1.807, 2.05) is 18.7 Å². The number of aromatic nitrogens is 2. The Morgan fingerprint density at radius 2 is 1.93 bits per heavy atom. The molecule has 3 heterocycles. The molecule has 8 nitrogen and oxygen atoms in total. The molecule has 1 saturated heterocycles. The number of pyridine rings is 2. The highest BCUT2D eigenvalue weighted by Gasteiger charge is 2.28. The average molecular weight is 567 g/mol. The highest BCUT2D eigenvalue weighted by atomic mass is 19.1. The first-order valence-electron chi connectivity index (χ1n) is 13.8. The summed E-state index contributed by atoms with van der Waals surface area (Å²) in [5.41, 5.74) is 2.41. The van der Waals surface area contributed by atoms with Crippen molar-refractivity contribution in [2.24, 2.45) is 5.92 Å². The van der Waals surface area contributed by atoms with Crippen LogP contribution in [0.1, 0.15) is 55.5 Å². The van der Waals surface area contributed by atoms with E-state index in [9.17, 15) is 28.3 Å². The highest BCUT2D eigenvalue weighted by Crippen LogP contribution is 2.29. The number of carboxylic acids is 1. The second-order valence-electron chi connectivity index (χ2n) is 11.1. The van der Waals surface area contributed by atoms with Gasteiger partial charge < -0.3 is 15.0 Å². The second-order valence-corrected chi connectivity index (χ2v) is 11.1. The van der Waals surface area contributed by atoms with Gasteiger partial charge in [0, 0.05) is 55.4 Å². The molecule has 0 radical (unpaired) electrons. The van der Waals surface area contributed by atoms with Gasteiger partial charge >= 0.3 is 5.97 Å². The van der Waals surface area contributed by atoms with Gasteiger partial charge in [-0.2, -0.15) is 0 Å². The largest absolute Gasteiger partial charge is 0.481 e. The summed E-state index contributed by atoms with van der Waals surface area (Å²) in [6.45, 7) is 7.08. The molecule has 41 heavy (non-hydrogen) atoms. The van der Waals surface area contributed by atoms with Crippen LogP contribution >= 0.6 is 0 Å².